The van der Waals surface area contributed by atoms with Gasteiger partial charge in [-0.15, -0.1) is 0 Å². The minimum Gasteiger partial charge on any atom is -1.00 e. The number of ether oxygens (including phenoxy) is 2. The van der Waals surface area contributed by atoms with Crippen LogP contribution in [0.3, 0.4) is 0 Å². The van der Waals surface area contributed by atoms with E-state index in [4.69, 9.17) is 26.2 Å². The molecule has 0 radical (unpaired) electrons. The van der Waals surface area contributed by atoms with Crippen LogP contribution in [0.2, 0.25) is 5.02 Å². The predicted molar refractivity (Wildman–Crippen MR) is 127 cm³/mol. The van der Waals surface area contributed by atoms with Crippen LogP contribution >= 0.6 is 11.6 Å². The van der Waals surface area contributed by atoms with Crippen molar-refractivity contribution in [2.24, 2.45) is 5.14 Å². The Kier molecular flexibility index (Phi) is 10.5. The number of nitrogens with two attached hydrogens (primary N) is 1. The topological polar surface area (TPSA) is 90.6 Å². The molecule has 178 valence electrons. The molecule has 9 heteroatoms. The molecule has 33 heavy (non-hydrogen) atoms. The molecule has 0 atom stereocenters. The number of hydrogen-bond acceptors (Lipinski definition) is 5. The molecule has 0 bridgehead atoms. The number of sulfonamides is 1. The number of benzene rings is 3. The third-order valence-corrected chi connectivity index (χ3v) is 5.97. The fraction of sp³-hybridized carbons (Fsp3) is 0.250. The molecule has 3 aromatic carbocycles. The third kappa shape index (κ3) is 8.53. The number of rotatable bonds is 11. The zero-order valence-corrected chi connectivity index (χ0v) is 20.6. The van der Waals surface area contributed by atoms with Crippen molar-refractivity contribution in [3.05, 3.63) is 88.4 Å². The van der Waals surface area contributed by atoms with Gasteiger partial charge in [-0.2, -0.15) is 0 Å². The Morgan fingerprint density at radius 3 is 2.15 bits per heavy atom. The molecule has 3 rings (SSSR count). The first kappa shape index (κ1) is 27.0. The van der Waals surface area contributed by atoms with Gasteiger partial charge in [0.05, 0.1) is 11.5 Å². The number of nitrogens with one attached hydrogen (secondary N) is 1. The first-order valence-electron chi connectivity index (χ1n) is 10.3. The van der Waals surface area contributed by atoms with Crippen LogP contribution in [-0.2, 0) is 29.6 Å². The van der Waals surface area contributed by atoms with E-state index in [0.29, 0.717) is 36.3 Å². The molecule has 0 unspecified atom stereocenters. The van der Waals surface area contributed by atoms with Gasteiger partial charge in [-0.05, 0) is 73.0 Å². The lowest BCUT2D eigenvalue weighted by molar-refractivity contribution is -0.00000983. The molecule has 0 fully saturated rings. The fourth-order valence-electron chi connectivity index (χ4n) is 3.10. The monoisotopic (exact) mass is 509 g/mol. The highest BCUT2D eigenvalue weighted by molar-refractivity contribution is 7.89. The van der Waals surface area contributed by atoms with E-state index in [1.54, 1.807) is 12.1 Å². The van der Waals surface area contributed by atoms with E-state index in [1.807, 2.05) is 49.4 Å². The average Bonchev–Trinajstić information content (AvgIpc) is 2.77. The highest BCUT2D eigenvalue weighted by Crippen LogP contribution is 2.29. The summed E-state index contributed by atoms with van der Waals surface area (Å²) in [6.07, 6.45) is 0.769. The van der Waals surface area contributed by atoms with Crippen molar-refractivity contribution in [2.75, 3.05) is 13.2 Å². The number of primary sulfonamides is 1. The normalized spacial score (nSPS) is 11.0. The molecular formula is C24H27Cl2N2O4S-. The Morgan fingerprint density at radius 2 is 1.52 bits per heavy atom. The van der Waals surface area contributed by atoms with Crippen LogP contribution in [0.5, 0.6) is 11.5 Å². The minimum atomic E-state index is -3.66. The van der Waals surface area contributed by atoms with E-state index < -0.39 is 10.0 Å². The lowest BCUT2D eigenvalue weighted by Crippen LogP contribution is -3.00. The second kappa shape index (κ2) is 12.8. The molecule has 0 heterocycles. The molecule has 0 saturated carbocycles. The summed E-state index contributed by atoms with van der Waals surface area (Å²) in [7, 11) is -3.66. The van der Waals surface area contributed by atoms with E-state index in [0.717, 1.165) is 29.7 Å². The SMILES string of the molecule is CCOc1cc(CNCCc2ccc(S(N)(=O)=O)cc2)ccc1OCc1ccc(Cl)cc1.[Cl-]. The molecule has 3 N–H and O–H groups in total. The van der Waals surface area contributed by atoms with Crippen molar-refractivity contribution >= 4 is 21.6 Å². The van der Waals surface area contributed by atoms with E-state index in [1.165, 1.54) is 12.1 Å². The van der Waals surface area contributed by atoms with Crippen LogP contribution < -0.4 is 32.3 Å². The van der Waals surface area contributed by atoms with Crippen LogP contribution in [0.4, 0.5) is 0 Å². The highest BCUT2D eigenvalue weighted by Gasteiger charge is 2.08. The molecule has 0 aliphatic heterocycles. The largest absolute Gasteiger partial charge is 1.00 e. The van der Waals surface area contributed by atoms with Gasteiger partial charge in [0.15, 0.2) is 11.5 Å². The van der Waals surface area contributed by atoms with Gasteiger partial charge in [0.1, 0.15) is 6.61 Å². The van der Waals surface area contributed by atoms with Crippen molar-refractivity contribution in [1.29, 1.82) is 0 Å². The van der Waals surface area contributed by atoms with Gasteiger partial charge < -0.3 is 27.2 Å². The summed E-state index contributed by atoms with van der Waals surface area (Å²) in [5, 5.41) is 9.22. The second-order valence-corrected chi connectivity index (χ2v) is 9.24. The number of halogens is 2. The summed E-state index contributed by atoms with van der Waals surface area (Å²) in [6, 6.07) is 20.1. The Morgan fingerprint density at radius 1 is 0.879 bits per heavy atom. The lowest BCUT2D eigenvalue weighted by atomic mass is 10.1. The average molecular weight is 510 g/mol. The Balaban J connectivity index is 0.00000385. The van der Waals surface area contributed by atoms with Gasteiger partial charge in [0.2, 0.25) is 10.0 Å². The lowest BCUT2D eigenvalue weighted by Gasteiger charge is -2.14. The summed E-state index contributed by atoms with van der Waals surface area (Å²) in [4.78, 5) is 0.121. The van der Waals surface area contributed by atoms with Crippen LogP contribution in [0.25, 0.3) is 0 Å². The maximum absolute atomic E-state index is 11.3. The summed E-state index contributed by atoms with van der Waals surface area (Å²) < 4.78 is 34.4. The highest BCUT2D eigenvalue weighted by atomic mass is 35.5. The molecule has 0 amide bonds. The molecule has 0 saturated heterocycles. The van der Waals surface area contributed by atoms with Crippen molar-refractivity contribution in [3.63, 3.8) is 0 Å². The summed E-state index contributed by atoms with van der Waals surface area (Å²) in [6.45, 7) is 4.33. The zero-order valence-electron chi connectivity index (χ0n) is 18.3. The van der Waals surface area contributed by atoms with E-state index in [-0.39, 0.29) is 17.3 Å². The summed E-state index contributed by atoms with van der Waals surface area (Å²) in [5.74, 6) is 1.40. The predicted octanol–water partition coefficient (Wildman–Crippen LogP) is 1.30. The second-order valence-electron chi connectivity index (χ2n) is 7.24. The zero-order chi connectivity index (χ0) is 23.0. The first-order valence-corrected chi connectivity index (χ1v) is 12.2. The molecular weight excluding hydrogens is 483 g/mol. The Labute approximate surface area is 206 Å². The van der Waals surface area contributed by atoms with Crippen LogP contribution in [0.15, 0.2) is 71.6 Å². The fourth-order valence-corrected chi connectivity index (χ4v) is 3.74. The summed E-state index contributed by atoms with van der Waals surface area (Å²) >= 11 is 5.93. The number of hydrogen-bond donors (Lipinski definition) is 2. The van der Waals surface area contributed by atoms with Gasteiger partial charge in [0, 0.05) is 11.6 Å². The van der Waals surface area contributed by atoms with Crippen LogP contribution in [0, 0.1) is 0 Å². The molecule has 0 spiro atoms. The van der Waals surface area contributed by atoms with E-state index in [2.05, 4.69) is 5.32 Å². The molecule has 0 aliphatic rings. The third-order valence-electron chi connectivity index (χ3n) is 4.79. The van der Waals surface area contributed by atoms with Crippen molar-refractivity contribution in [2.45, 2.75) is 31.4 Å². The van der Waals surface area contributed by atoms with Gasteiger partial charge in [-0.25, -0.2) is 13.6 Å². The molecule has 0 aromatic heterocycles. The minimum absolute atomic E-state index is 0. The maximum atomic E-state index is 11.3. The van der Waals surface area contributed by atoms with Crippen molar-refractivity contribution in [1.82, 2.24) is 5.32 Å². The molecule has 0 aliphatic carbocycles. The van der Waals surface area contributed by atoms with Crippen molar-refractivity contribution < 1.29 is 30.3 Å². The quantitative estimate of drug-likeness (QED) is 0.380. The summed E-state index contributed by atoms with van der Waals surface area (Å²) in [5.41, 5.74) is 3.14. The van der Waals surface area contributed by atoms with E-state index in [9.17, 15) is 8.42 Å². The smallest absolute Gasteiger partial charge is 0.238 e. The first-order chi connectivity index (χ1) is 15.3. The van der Waals surface area contributed by atoms with Crippen molar-refractivity contribution in [3.8, 4) is 11.5 Å². The van der Waals surface area contributed by atoms with Gasteiger partial charge >= 0.3 is 0 Å². The Hall–Kier alpha value is -2.29. The van der Waals surface area contributed by atoms with Gasteiger partial charge in [0.25, 0.3) is 0 Å². The van der Waals surface area contributed by atoms with Crippen LogP contribution in [-0.4, -0.2) is 21.6 Å². The van der Waals surface area contributed by atoms with E-state index >= 15 is 0 Å². The molecule has 3 aromatic rings. The molecule has 6 nitrogen and oxygen atoms in total. The van der Waals surface area contributed by atoms with Gasteiger partial charge in [-0.1, -0.05) is 41.9 Å². The Bertz CT molecular complexity index is 1120. The van der Waals surface area contributed by atoms with Gasteiger partial charge in [-0.3, -0.25) is 0 Å². The van der Waals surface area contributed by atoms with Crippen LogP contribution in [0.1, 0.15) is 23.6 Å². The standard InChI is InChI=1S/C24H27ClN2O4S.ClH/c1-2-30-24-15-20(7-12-23(24)31-17-19-3-8-21(25)9-4-19)16-27-14-13-18-5-10-22(11-6-18)32(26,28)29;/h3-12,15,27H,2,13-14,16-17H2,1H3,(H2,26,28,29);1H/p-1. The maximum Gasteiger partial charge on any atom is 0.238 e.